The topological polar surface area (TPSA) is 93.1 Å². The zero-order chi connectivity index (χ0) is 26.9. The summed E-state index contributed by atoms with van der Waals surface area (Å²) in [7, 11) is -3.68. The molecule has 37 heavy (non-hydrogen) atoms. The number of ether oxygens (including phenoxy) is 2. The van der Waals surface area contributed by atoms with Crippen molar-refractivity contribution in [2.75, 3.05) is 13.2 Å². The second-order valence-corrected chi connectivity index (χ2v) is 11.7. The summed E-state index contributed by atoms with van der Waals surface area (Å²) in [6, 6.07) is 12.5. The Morgan fingerprint density at radius 1 is 0.595 bits per heavy atom. The lowest BCUT2D eigenvalue weighted by atomic mass is 10.1. The Labute approximate surface area is 223 Å². The highest BCUT2D eigenvalue weighted by Crippen LogP contribution is 2.25. The van der Waals surface area contributed by atoms with Gasteiger partial charge in [0.1, 0.15) is 24.7 Å². The molecule has 0 aliphatic carbocycles. The summed E-state index contributed by atoms with van der Waals surface area (Å²) in [5.74, 6) is 1.05. The normalized spacial score (nSPS) is 13.3. The number of hydrogen-bond donors (Lipinski definition) is 2. The lowest BCUT2D eigenvalue weighted by Gasteiger charge is -2.13. The van der Waals surface area contributed by atoms with E-state index in [1.54, 1.807) is 24.3 Å². The number of aliphatic hydroxyl groups excluding tert-OH is 2. The van der Waals surface area contributed by atoms with Gasteiger partial charge in [0.15, 0.2) is 0 Å². The van der Waals surface area contributed by atoms with Gasteiger partial charge in [0.2, 0.25) is 9.84 Å². The van der Waals surface area contributed by atoms with Gasteiger partial charge in [-0.1, -0.05) is 78.1 Å². The van der Waals surface area contributed by atoms with Crippen LogP contribution in [0, 0.1) is 0 Å². The quantitative estimate of drug-likeness (QED) is 0.183. The molecular weight excluding hydrogens is 488 g/mol. The minimum absolute atomic E-state index is 0.170. The van der Waals surface area contributed by atoms with Crippen molar-refractivity contribution in [1.82, 2.24) is 0 Å². The van der Waals surface area contributed by atoms with E-state index < -0.39 is 22.0 Å². The van der Waals surface area contributed by atoms with E-state index >= 15 is 0 Å². The van der Waals surface area contributed by atoms with E-state index in [-0.39, 0.29) is 23.0 Å². The number of hydrogen-bond acceptors (Lipinski definition) is 6. The van der Waals surface area contributed by atoms with Crippen LogP contribution in [0.25, 0.3) is 0 Å². The van der Waals surface area contributed by atoms with Crippen LogP contribution in [0.2, 0.25) is 0 Å². The predicted octanol–water partition coefficient (Wildman–Crippen LogP) is 6.72. The molecule has 0 aliphatic rings. The van der Waals surface area contributed by atoms with Crippen LogP contribution < -0.4 is 9.47 Å². The zero-order valence-electron chi connectivity index (χ0n) is 22.6. The molecule has 0 saturated carbocycles. The molecule has 6 nitrogen and oxygen atoms in total. The monoisotopic (exact) mass is 534 g/mol. The maximum absolute atomic E-state index is 13.0. The largest absolute Gasteiger partial charge is 0.491 e. The number of sulfone groups is 1. The van der Waals surface area contributed by atoms with Gasteiger partial charge in [0, 0.05) is 0 Å². The highest BCUT2D eigenvalue weighted by Gasteiger charge is 2.18. The highest BCUT2D eigenvalue weighted by atomic mass is 32.2. The van der Waals surface area contributed by atoms with Crippen LogP contribution in [0.4, 0.5) is 0 Å². The van der Waals surface area contributed by atoms with Crippen molar-refractivity contribution in [3.63, 3.8) is 0 Å². The molecule has 0 saturated heterocycles. The van der Waals surface area contributed by atoms with Crippen LogP contribution in [0.5, 0.6) is 11.5 Å². The zero-order valence-corrected chi connectivity index (χ0v) is 23.4. The van der Waals surface area contributed by atoms with E-state index in [1.807, 2.05) is 0 Å². The third kappa shape index (κ3) is 11.9. The van der Waals surface area contributed by atoms with E-state index in [9.17, 15) is 18.6 Å². The molecular formula is C30H46O6S. The fraction of sp³-hybridized carbons (Fsp3) is 0.600. The maximum atomic E-state index is 13.0. The molecule has 0 aromatic heterocycles. The summed E-state index contributed by atoms with van der Waals surface area (Å²) < 4.78 is 37.3. The van der Waals surface area contributed by atoms with E-state index in [1.165, 1.54) is 62.8 Å². The van der Waals surface area contributed by atoms with Crippen molar-refractivity contribution in [3.8, 4) is 11.5 Å². The molecule has 208 valence electrons. The van der Waals surface area contributed by atoms with Crippen molar-refractivity contribution < 1.29 is 28.1 Å². The summed E-state index contributed by atoms with van der Waals surface area (Å²) >= 11 is 0. The van der Waals surface area contributed by atoms with Crippen LogP contribution in [-0.4, -0.2) is 44.1 Å². The van der Waals surface area contributed by atoms with E-state index in [4.69, 9.17) is 9.47 Å². The van der Waals surface area contributed by atoms with Crippen LogP contribution in [0.3, 0.4) is 0 Å². The molecule has 2 atom stereocenters. The first-order valence-electron chi connectivity index (χ1n) is 13.9. The third-order valence-corrected chi connectivity index (χ3v) is 8.22. The second kappa shape index (κ2) is 17.4. The van der Waals surface area contributed by atoms with E-state index in [0.29, 0.717) is 24.3 Å². The molecule has 2 rings (SSSR count). The summed E-state index contributed by atoms with van der Waals surface area (Å²) in [4.78, 5) is 0.340. The Hall–Kier alpha value is -2.09. The van der Waals surface area contributed by atoms with Crippen molar-refractivity contribution in [2.45, 2.75) is 113 Å². The van der Waals surface area contributed by atoms with Gasteiger partial charge in [0.25, 0.3) is 0 Å². The molecule has 0 bridgehead atoms. The first kappa shape index (κ1) is 31.1. The van der Waals surface area contributed by atoms with E-state index in [2.05, 4.69) is 13.8 Å². The van der Waals surface area contributed by atoms with Crippen LogP contribution in [0.15, 0.2) is 58.3 Å². The Morgan fingerprint density at radius 3 is 1.30 bits per heavy atom. The molecule has 0 amide bonds. The molecule has 0 radical (unpaired) electrons. The van der Waals surface area contributed by atoms with Gasteiger partial charge in [-0.2, -0.15) is 0 Å². The minimum Gasteiger partial charge on any atom is -0.491 e. The molecule has 2 unspecified atom stereocenters. The maximum Gasteiger partial charge on any atom is 0.206 e. The number of unbranched alkanes of at least 4 members (excludes halogenated alkanes) is 8. The Kier molecular flexibility index (Phi) is 14.7. The van der Waals surface area contributed by atoms with Crippen LogP contribution >= 0.6 is 0 Å². The van der Waals surface area contributed by atoms with Gasteiger partial charge in [-0.15, -0.1) is 0 Å². The fourth-order valence-corrected chi connectivity index (χ4v) is 5.35. The number of rotatable bonds is 20. The number of aliphatic hydroxyl groups is 2. The Balaban J connectivity index is 1.80. The van der Waals surface area contributed by atoms with Crippen LogP contribution in [-0.2, 0) is 9.84 Å². The highest BCUT2D eigenvalue weighted by molar-refractivity contribution is 7.91. The lowest BCUT2D eigenvalue weighted by Crippen LogP contribution is -2.17. The number of benzene rings is 2. The Morgan fingerprint density at radius 2 is 0.946 bits per heavy atom. The summed E-state index contributed by atoms with van der Waals surface area (Å²) in [6.07, 6.45) is 11.8. The molecule has 2 aromatic carbocycles. The van der Waals surface area contributed by atoms with Gasteiger partial charge >= 0.3 is 0 Å². The van der Waals surface area contributed by atoms with Gasteiger partial charge in [-0.05, 0) is 61.4 Å². The lowest BCUT2D eigenvalue weighted by molar-refractivity contribution is 0.0974. The molecule has 7 heteroatoms. The van der Waals surface area contributed by atoms with Gasteiger partial charge in [-0.25, -0.2) is 8.42 Å². The first-order chi connectivity index (χ1) is 17.9. The average molecular weight is 535 g/mol. The van der Waals surface area contributed by atoms with Gasteiger partial charge < -0.3 is 19.7 Å². The van der Waals surface area contributed by atoms with Crippen molar-refractivity contribution in [1.29, 1.82) is 0 Å². The molecule has 2 aromatic rings. The van der Waals surface area contributed by atoms with Gasteiger partial charge in [0.05, 0.1) is 22.0 Å². The van der Waals surface area contributed by atoms with Crippen molar-refractivity contribution in [2.24, 2.45) is 0 Å². The SMILES string of the molecule is CCCCCCCC(O)COc1ccc(S(=O)(=O)c2ccc(OCC(O)CCCCCCC)cc2)cc1. The average Bonchev–Trinajstić information content (AvgIpc) is 2.91. The van der Waals surface area contributed by atoms with E-state index in [0.717, 1.165) is 25.7 Å². The Bertz CT molecular complexity index is 883. The van der Waals surface area contributed by atoms with Gasteiger partial charge in [-0.3, -0.25) is 0 Å². The molecule has 2 N–H and O–H groups in total. The standard InChI is InChI=1S/C30H46O6S/c1-3-5-7-9-11-13-25(31)23-35-27-15-19-29(20-16-27)37(33,34)30-21-17-28(18-22-30)36-24-26(32)14-12-10-8-6-4-2/h15-22,25-26,31-32H,3-14,23-24H2,1-2H3. The molecule has 0 aliphatic heterocycles. The molecule has 0 fully saturated rings. The van der Waals surface area contributed by atoms with Crippen molar-refractivity contribution in [3.05, 3.63) is 48.5 Å². The van der Waals surface area contributed by atoms with Crippen molar-refractivity contribution >= 4 is 9.84 Å². The minimum atomic E-state index is -3.68. The fourth-order valence-electron chi connectivity index (χ4n) is 4.08. The third-order valence-electron chi connectivity index (χ3n) is 6.43. The summed E-state index contributed by atoms with van der Waals surface area (Å²) in [6.45, 7) is 4.73. The summed E-state index contributed by atoms with van der Waals surface area (Å²) in [5.41, 5.74) is 0. The smallest absolute Gasteiger partial charge is 0.206 e. The first-order valence-corrected chi connectivity index (χ1v) is 15.4. The predicted molar refractivity (Wildman–Crippen MR) is 148 cm³/mol. The molecule has 0 heterocycles. The molecule has 0 spiro atoms. The van der Waals surface area contributed by atoms with Crippen LogP contribution in [0.1, 0.15) is 90.9 Å². The summed E-state index contributed by atoms with van der Waals surface area (Å²) in [5, 5.41) is 20.2. The second-order valence-electron chi connectivity index (χ2n) is 9.78.